The third kappa shape index (κ3) is 5.23. The second kappa shape index (κ2) is 9.39. The number of nitrogens with zero attached hydrogens (tertiary/aromatic N) is 5. The van der Waals surface area contributed by atoms with Gasteiger partial charge in [-0.25, -0.2) is 4.98 Å². The van der Waals surface area contributed by atoms with Crippen molar-refractivity contribution in [3.8, 4) is 5.88 Å². The third-order valence-corrected chi connectivity index (χ3v) is 4.97. The van der Waals surface area contributed by atoms with Crippen LogP contribution in [0.4, 0.5) is 0 Å². The molecule has 0 saturated carbocycles. The highest BCUT2D eigenvalue weighted by molar-refractivity contribution is 6.32. The van der Waals surface area contributed by atoms with Crippen LogP contribution >= 0.6 is 11.6 Å². The molecule has 2 aromatic rings. The van der Waals surface area contributed by atoms with Gasteiger partial charge in [-0.15, -0.1) is 0 Å². The Labute approximate surface area is 171 Å². The Morgan fingerprint density at radius 3 is 2.75 bits per heavy atom. The van der Waals surface area contributed by atoms with Gasteiger partial charge in [-0.3, -0.25) is 14.4 Å². The van der Waals surface area contributed by atoms with Crippen LogP contribution in [0.5, 0.6) is 5.88 Å². The van der Waals surface area contributed by atoms with Gasteiger partial charge in [-0.1, -0.05) is 11.6 Å². The molecule has 0 bridgehead atoms. The molecule has 1 fully saturated rings. The largest absolute Gasteiger partial charge is 0.474 e. The summed E-state index contributed by atoms with van der Waals surface area (Å²) in [5, 5.41) is 4.70. The van der Waals surface area contributed by atoms with Crippen molar-refractivity contribution >= 4 is 17.5 Å². The fourth-order valence-electron chi connectivity index (χ4n) is 3.29. The molecule has 0 unspecified atom stereocenters. The number of aryl methyl sites for hydroxylation is 1. The fraction of sp³-hybridized carbons (Fsp3) is 0.550. The molecule has 1 aliphatic heterocycles. The standard InChI is InChI=1S/C20H28ClN5O2/c1-4-26-14-16(11-23-26)13-24-6-5-7-25(9-8-24)20(27)17-10-18(21)19(22-12-17)28-15(2)3/h10-12,14-15H,4-9,13H2,1-3H3. The molecule has 0 aliphatic carbocycles. The topological polar surface area (TPSA) is 63.5 Å². The first-order valence-corrected chi connectivity index (χ1v) is 10.2. The lowest BCUT2D eigenvalue weighted by Crippen LogP contribution is -2.35. The Hall–Kier alpha value is -2.12. The molecule has 8 heteroatoms. The molecule has 0 atom stereocenters. The van der Waals surface area contributed by atoms with E-state index in [4.69, 9.17) is 16.3 Å². The van der Waals surface area contributed by atoms with Crippen LogP contribution in [0.2, 0.25) is 5.02 Å². The van der Waals surface area contributed by atoms with Crippen molar-refractivity contribution in [2.24, 2.45) is 0 Å². The first-order valence-electron chi connectivity index (χ1n) is 9.81. The molecule has 3 heterocycles. The van der Waals surface area contributed by atoms with E-state index < -0.39 is 0 Å². The van der Waals surface area contributed by atoms with Crippen molar-refractivity contribution in [2.45, 2.75) is 46.4 Å². The average molecular weight is 406 g/mol. The van der Waals surface area contributed by atoms with Gasteiger partial charge in [0.15, 0.2) is 0 Å². The molecule has 1 amide bonds. The molecule has 3 rings (SSSR count). The Morgan fingerprint density at radius 1 is 1.25 bits per heavy atom. The number of rotatable bonds is 6. The normalized spacial score (nSPS) is 15.7. The van der Waals surface area contributed by atoms with Crippen molar-refractivity contribution in [3.63, 3.8) is 0 Å². The molecule has 152 valence electrons. The summed E-state index contributed by atoms with van der Waals surface area (Å²) >= 11 is 6.24. The van der Waals surface area contributed by atoms with Crippen LogP contribution in [0.3, 0.4) is 0 Å². The maximum absolute atomic E-state index is 12.9. The lowest BCUT2D eigenvalue weighted by Gasteiger charge is -2.22. The van der Waals surface area contributed by atoms with Gasteiger partial charge < -0.3 is 9.64 Å². The van der Waals surface area contributed by atoms with E-state index >= 15 is 0 Å². The Morgan fingerprint density at radius 2 is 2.07 bits per heavy atom. The van der Waals surface area contributed by atoms with Gasteiger partial charge in [0, 0.05) is 57.2 Å². The summed E-state index contributed by atoms with van der Waals surface area (Å²) in [5.41, 5.74) is 1.71. The highest BCUT2D eigenvalue weighted by Gasteiger charge is 2.22. The maximum Gasteiger partial charge on any atom is 0.255 e. The molecule has 2 aromatic heterocycles. The third-order valence-electron chi connectivity index (χ3n) is 4.69. The van der Waals surface area contributed by atoms with E-state index in [9.17, 15) is 4.79 Å². The first kappa shape index (κ1) is 20.6. The van der Waals surface area contributed by atoms with Crippen molar-refractivity contribution in [3.05, 3.63) is 40.8 Å². The van der Waals surface area contributed by atoms with Crippen molar-refractivity contribution in [2.75, 3.05) is 26.2 Å². The van der Waals surface area contributed by atoms with Gasteiger partial charge in [0.05, 0.1) is 17.9 Å². The molecule has 0 spiro atoms. The molecule has 0 N–H and O–H groups in total. The predicted octanol–water partition coefficient (Wildman–Crippen LogP) is 3.09. The van der Waals surface area contributed by atoms with Crippen LogP contribution in [0.15, 0.2) is 24.7 Å². The second-order valence-corrected chi connectivity index (χ2v) is 7.71. The molecular weight excluding hydrogens is 378 g/mol. The summed E-state index contributed by atoms with van der Waals surface area (Å²) in [6.07, 6.45) is 6.47. The SMILES string of the molecule is CCn1cc(CN2CCCN(C(=O)c3cnc(OC(C)C)c(Cl)c3)CC2)cn1. The lowest BCUT2D eigenvalue weighted by atomic mass is 10.2. The summed E-state index contributed by atoms with van der Waals surface area (Å²) in [6.45, 7) is 10.8. The minimum absolute atomic E-state index is 0.0208. The Bertz CT molecular complexity index is 808. The summed E-state index contributed by atoms with van der Waals surface area (Å²) in [5.74, 6) is 0.328. The zero-order valence-corrected chi connectivity index (χ0v) is 17.5. The minimum atomic E-state index is -0.0360. The van der Waals surface area contributed by atoms with E-state index in [1.807, 2.05) is 29.6 Å². The molecule has 1 aliphatic rings. The number of amides is 1. The van der Waals surface area contributed by atoms with E-state index in [-0.39, 0.29) is 12.0 Å². The quantitative estimate of drug-likeness (QED) is 0.739. The average Bonchev–Trinajstić information content (AvgIpc) is 2.99. The zero-order valence-electron chi connectivity index (χ0n) is 16.8. The fourth-order valence-corrected chi connectivity index (χ4v) is 3.50. The number of carbonyl (C=O) groups is 1. The number of pyridine rings is 1. The Balaban J connectivity index is 1.60. The van der Waals surface area contributed by atoms with E-state index in [0.29, 0.717) is 23.0 Å². The number of carbonyl (C=O) groups excluding carboxylic acids is 1. The lowest BCUT2D eigenvalue weighted by molar-refractivity contribution is 0.0760. The summed E-state index contributed by atoms with van der Waals surface area (Å²) in [4.78, 5) is 21.4. The van der Waals surface area contributed by atoms with Crippen LogP contribution < -0.4 is 4.74 Å². The second-order valence-electron chi connectivity index (χ2n) is 7.30. The molecule has 0 aromatic carbocycles. The van der Waals surface area contributed by atoms with E-state index in [1.54, 1.807) is 12.3 Å². The van der Waals surface area contributed by atoms with Crippen LogP contribution in [0.1, 0.15) is 43.1 Å². The number of halogens is 1. The van der Waals surface area contributed by atoms with Crippen LogP contribution in [0.25, 0.3) is 0 Å². The van der Waals surface area contributed by atoms with Gasteiger partial charge in [0.2, 0.25) is 5.88 Å². The summed E-state index contributed by atoms with van der Waals surface area (Å²) < 4.78 is 7.48. The van der Waals surface area contributed by atoms with Crippen LogP contribution in [-0.2, 0) is 13.1 Å². The van der Waals surface area contributed by atoms with Gasteiger partial charge in [0.25, 0.3) is 5.91 Å². The van der Waals surface area contributed by atoms with Crippen LogP contribution in [0, 0.1) is 0 Å². The smallest absolute Gasteiger partial charge is 0.255 e. The number of hydrogen-bond donors (Lipinski definition) is 0. The molecule has 1 saturated heterocycles. The van der Waals surface area contributed by atoms with Gasteiger partial charge in [0.1, 0.15) is 5.02 Å². The monoisotopic (exact) mass is 405 g/mol. The van der Waals surface area contributed by atoms with Crippen molar-refractivity contribution in [1.82, 2.24) is 24.6 Å². The number of ether oxygens (including phenoxy) is 1. The van der Waals surface area contributed by atoms with Crippen molar-refractivity contribution < 1.29 is 9.53 Å². The molecular formula is C20H28ClN5O2. The molecule has 7 nitrogen and oxygen atoms in total. The first-order chi connectivity index (χ1) is 13.5. The van der Waals surface area contributed by atoms with Crippen LogP contribution in [-0.4, -0.2) is 62.8 Å². The zero-order chi connectivity index (χ0) is 20.1. The van der Waals surface area contributed by atoms with E-state index in [0.717, 1.165) is 39.1 Å². The van der Waals surface area contributed by atoms with Gasteiger partial charge in [-0.05, 0) is 33.3 Å². The Kier molecular flexibility index (Phi) is 6.91. The maximum atomic E-state index is 12.9. The summed E-state index contributed by atoms with van der Waals surface area (Å²) in [6, 6.07) is 1.65. The highest BCUT2D eigenvalue weighted by Crippen LogP contribution is 2.24. The molecule has 28 heavy (non-hydrogen) atoms. The van der Waals surface area contributed by atoms with E-state index in [1.165, 1.54) is 5.56 Å². The van der Waals surface area contributed by atoms with Crippen molar-refractivity contribution in [1.29, 1.82) is 0 Å². The number of hydrogen-bond acceptors (Lipinski definition) is 5. The minimum Gasteiger partial charge on any atom is -0.474 e. The van der Waals surface area contributed by atoms with E-state index in [2.05, 4.69) is 28.1 Å². The summed E-state index contributed by atoms with van der Waals surface area (Å²) in [7, 11) is 0. The van der Waals surface area contributed by atoms with Gasteiger partial charge in [-0.2, -0.15) is 5.10 Å². The number of aromatic nitrogens is 3. The predicted molar refractivity (Wildman–Crippen MR) is 109 cm³/mol. The van der Waals surface area contributed by atoms with Gasteiger partial charge >= 0.3 is 0 Å². The highest BCUT2D eigenvalue weighted by atomic mass is 35.5. The molecule has 0 radical (unpaired) electrons.